The zero-order valence-electron chi connectivity index (χ0n) is 9.84. The Kier molecular flexibility index (Phi) is 1120. The summed E-state index contributed by atoms with van der Waals surface area (Å²) in [5.41, 5.74) is 0. The molecule has 19 heteroatoms. The van der Waals surface area contributed by atoms with E-state index < -0.39 is 14.6 Å². The Morgan fingerprint density at radius 2 is 0.316 bits per heavy atom. The monoisotopic (exact) mass is 327 g/mol. The van der Waals surface area contributed by atoms with Crippen LogP contribution in [0.25, 0.3) is 0 Å². The second-order valence-electron chi connectivity index (χ2n) is 0.693. The smallest absolute Gasteiger partial charge is 0.412 e. The van der Waals surface area contributed by atoms with E-state index in [0.717, 1.165) is 0 Å². The minimum Gasteiger partial charge on any atom is -0.412 e. The first-order chi connectivity index (χ1) is 3.46. The van der Waals surface area contributed by atoms with Crippen LogP contribution in [0.1, 0.15) is 0 Å². The molecule has 16 nitrogen and oxygen atoms in total. The van der Waals surface area contributed by atoms with Gasteiger partial charge in [-0.1, -0.05) is 0 Å². The molecule has 0 aromatic heterocycles. The van der Waals surface area contributed by atoms with E-state index in [1.165, 1.54) is 0 Å². The van der Waals surface area contributed by atoms with E-state index in [0.29, 0.717) is 0 Å². The van der Waals surface area contributed by atoms with Gasteiger partial charge < -0.3 is 84.9 Å². The van der Waals surface area contributed by atoms with E-state index in [2.05, 4.69) is 0 Å². The van der Waals surface area contributed by atoms with Crippen molar-refractivity contribution in [1.82, 2.24) is 0 Å². The topological polar surface area (TPSA) is 436 Å². The van der Waals surface area contributed by atoms with Crippen LogP contribution in [0.3, 0.4) is 0 Å². The fourth-order valence-corrected chi connectivity index (χ4v) is 0. The minimum absolute atomic E-state index is 0. The van der Waals surface area contributed by atoms with Gasteiger partial charge in [0.1, 0.15) is 0 Å². The predicted molar refractivity (Wildman–Crippen MR) is 66.7 cm³/mol. The van der Waals surface area contributed by atoms with Gasteiger partial charge in [0, 0.05) is 29.6 Å². The molecule has 0 aromatic carbocycles. The molecular weight excluding hydrogens is 301 g/mol. The van der Waals surface area contributed by atoms with Gasteiger partial charge >= 0.3 is 14.6 Å². The summed E-state index contributed by atoms with van der Waals surface area (Å²) in [7, 11) is -4.33. The Balaban J connectivity index is -0.00000000218. The fraction of sp³-hybridized carbons (Fsp3) is 0. The molecule has 0 amide bonds. The van der Waals surface area contributed by atoms with E-state index in [1.807, 2.05) is 0 Å². The third-order valence-corrected chi connectivity index (χ3v) is 0. The van der Waals surface area contributed by atoms with Crippen molar-refractivity contribution in [3.63, 3.8) is 0 Å². The fourth-order valence-electron chi connectivity index (χ4n) is 0. The largest absolute Gasteiger partial charge is 0.631 e. The zero-order chi connectivity index (χ0) is 7.15. The summed E-state index contributed by atoms with van der Waals surface area (Å²) in [6.45, 7) is 0. The molecule has 0 saturated heterocycles. The Bertz CT molecular complexity index is 30.2. The van der Waals surface area contributed by atoms with Crippen molar-refractivity contribution in [3.8, 4) is 0 Å². The second kappa shape index (κ2) is 134. The quantitative estimate of drug-likeness (QED) is 0.234. The summed E-state index contributed by atoms with van der Waals surface area (Å²) in [5, 5.41) is 43.0. The van der Waals surface area contributed by atoms with Gasteiger partial charge in [-0.3, -0.25) is 0 Å². The Morgan fingerprint density at radius 1 is 0.316 bits per heavy atom. The summed E-state index contributed by atoms with van der Waals surface area (Å²) in [4.78, 5) is 0. The number of hydrogen-bond acceptors (Lipinski definition) is 6. The van der Waals surface area contributed by atoms with Crippen LogP contribution in [0.15, 0.2) is 0 Å². The van der Waals surface area contributed by atoms with Crippen LogP contribution < -0.4 is 0 Å². The van der Waals surface area contributed by atoms with E-state index in [9.17, 15) is 0 Å². The summed E-state index contributed by atoms with van der Waals surface area (Å²) in [5.74, 6) is 0. The van der Waals surface area contributed by atoms with Gasteiger partial charge in [0.05, 0.1) is 0 Å². The normalized spacial score (nSPS) is 2.84. The number of rotatable bonds is 0. The van der Waals surface area contributed by atoms with Crippen molar-refractivity contribution in [2.45, 2.75) is 0 Å². The molecule has 0 bridgehead atoms. The van der Waals surface area contributed by atoms with Crippen molar-refractivity contribution in [2.75, 3.05) is 0 Å². The van der Waals surface area contributed by atoms with Gasteiger partial charge in [-0.15, -0.1) is 0 Å². The van der Waals surface area contributed by atoms with E-state index >= 15 is 0 Å². The Hall–Kier alpha value is 0.490. The zero-order valence-corrected chi connectivity index (χ0v) is 11.8. The average molecular weight is 327 g/mol. The molecule has 0 aliphatic carbocycles. The molecule has 0 rings (SSSR count). The molecule has 0 unspecified atom stereocenters. The molecule has 0 atom stereocenters. The summed E-state index contributed by atoms with van der Waals surface area (Å²) in [6, 6.07) is 0. The van der Waals surface area contributed by atoms with Gasteiger partial charge in [-0.05, 0) is 0 Å². The van der Waals surface area contributed by atoms with Gasteiger partial charge in [0.25, 0.3) is 0 Å². The van der Waals surface area contributed by atoms with E-state index in [-0.39, 0.29) is 84.3 Å². The first-order valence-corrected chi connectivity index (χ1v) is 1.55. The SMILES string of the molecule is O.O.O.O.O.O.O.O.O.O.OB(O)O.OB(O)O.[Na]. The molecule has 0 aliphatic heterocycles. The molecule has 0 aliphatic rings. The maximum Gasteiger partial charge on any atom is 0.631 e. The Morgan fingerprint density at radius 3 is 0.316 bits per heavy atom. The van der Waals surface area contributed by atoms with Gasteiger partial charge in [0.15, 0.2) is 0 Å². The van der Waals surface area contributed by atoms with Crippen molar-refractivity contribution >= 4 is 44.2 Å². The molecule has 0 aromatic rings. The average Bonchev–Trinajstić information content (AvgIpc) is 1.25. The Labute approximate surface area is 129 Å². The molecule has 0 spiro atoms. The van der Waals surface area contributed by atoms with Crippen molar-refractivity contribution in [1.29, 1.82) is 0 Å². The first-order valence-electron chi connectivity index (χ1n) is 1.55. The van der Waals surface area contributed by atoms with E-state index in [4.69, 9.17) is 30.1 Å². The molecule has 26 N–H and O–H groups in total. The molecule has 0 fully saturated rings. The molecule has 0 heterocycles. The molecule has 1 radical (unpaired) electrons. The molecule has 129 valence electrons. The van der Waals surface area contributed by atoms with Crippen LogP contribution in [0.2, 0.25) is 0 Å². The maximum atomic E-state index is 7.17. The van der Waals surface area contributed by atoms with Crippen LogP contribution in [0, 0.1) is 0 Å². The van der Waals surface area contributed by atoms with Crippen LogP contribution in [0.5, 0.6) is 0 Å². The van der Waals surface area contributed by atoms with Crippen LogP contribution in [-0.4, -0.2) is 129 Å². The number of hydrogen-bond donors (Lipinski definition) is 6. The third kappa shape index (κ3) is 21000. The maximum absolute atomic E-state index is 7.17. The van der Waals surface area contributed by atoms with Gasteiger partial charge in [-0.2, -0.15) is 0 Å². The van der Waals surface area contributed by atoms with Crippen molar-refractivity contribution in [2.24, 2.45) is 0 Å². The summed E-state index contributed by atoms with van der Waals surface area (Å²) < 4.78 is 0. The first kappa shape index (κ1) is 158. The van der Waals surface area contributed by atoms with Crippen LogP contribution >= 0.6 is 0 Å². The predicted octanol–water partition coefficient (Wildman–Crippen LogP) is -12.7. The third-order valence-electron chi connectivity index (χ3n) is 0. The van der Waals surface area contributed by atoms with E-state index in [1.54, 1.807) is 0 Å². The van der Waals surface area contributed by atoms with Crippen molar-refractivity contribution in [3.05, 3.63) is 0 Å². The minimum atomic E-state index is -2.17. The second-order valence-corrected chi connectivity index (χ2v) is 0.693. The van der Waals surface area contributed by atoms with Crippen LogP contribution in [0.4, 0.5) is 0 Å². The van der Waals surface area contributed by atoms with Crippen molar-refractivity contribution < 1.29 is 84.9 Å². The summed E-state index contributed by atoms with van der Waals surface area (Å²) in [6.07, 6.45) is 0. The van der Waals surface area contributed by atoms with Crippen LogP contribution in [-0.2, 0) is 0 Å². The molecule has 0 saturated carbocycles. The summed E-state index contributed by atoms with van der Waals surface area (Å²) >= 11 is 0. The molecule has 19 heavy (non-hydrogen) atoms. The standard InChI is InChI=1S/2BH3O3.Na.10H2O/c2*2-1(3)4;;;;;;;;;;;/h2*2-4H;;10*1H2. The van der Waals surface area contributed by atoms with Gasteiger partial charge in [0.2, 0.25) is 0 Å². The van der Waals surface area contributed by atoms with Gasteiger partial charge in [-0.25, -0.2) is 0 Å². The molecular formula is H26B2NaO16.